The molecule has 5 heteroatoms. The van der Waals surface area contributed by atoms with Crippen LogP contribution < -0.4 is 5.43 Å². The van der Waals surface area contributed by atoms with Crippen LogP contribution in [0.3, 0.4) is 0 Å². The molecule has 2 aromatic rings. The molecule has 1 N–H and O–H groups in total. The van der Waals surface area contributed by atoms with Crippen molar-refractivity contribution in [3.63, 3.8) is 0 Å². The maximum absolute atomic E-state index is 5.87. The summed E-state index contributed by atoms with van der Waals surface area (Å²) in [4.78, 5) is 0. The minimum Gasteiger partial charge on any atom is -0.278 e. The lowest BCUT2D eigenvalue weighted by Gasteiger charge is -2.01. The number of thiophene rings is 1. The average molecular weight is 271 g/mol. The molecule has 0 saturated heterocycles. The van der Waals surface area contributed by atoms with E-state index in [1.165, 1.54) is 0 Å². The van der Waals surface area contributed by atoms with Crippen molar-refractivity contribution in [1.82, 2.24) is 0 Å². The molecule has 2 nitrogen and oxygen atoms in total. The van der Waals surface area contributed by atoms with E-state index in [0.29, 0.717) is 10.0 Å². The second-order valence-electron chi connectivity index (χ2n) is 3.06. The smallest absolute Gasteiger partial charge is 0.0613 e. The van der Waals surface area contributed by atoms with Crippen molar-refractivity contribution < 1.29 is 0 Å². The first-order valence-electron chi connectivity index (χ1n) is 4.52. The number of nitrogens with zero attached hydrogens (tertiary/aromatic N) is 1. The van der Waals surface area contributed by atoms with Gasteiger partial charge in [-0.25, -0.2) is 0 Å². The average Bonchev–Trinajstić information content (AvgIpc) is 2.76. The van der Waals surface area contributed by atoms with Crippen LogP contribution >= 0.6 is 34.5 Å². The van der Waals surface area contributed by atoms with Gasteiger partial charge in [0.1, 0.15) is 0 Å². The fourth-order valence-corrected chi connectivity index (χ4v) is 2.00. The first-order chi connectivity index (χ1) is 7.75. The summed E-state index contributed by atoms with van der Waals surface area (Å²) in [6.45, 7) is 0. The van der Waals surface area contributed by atoms with Gasteiger partial charge in [0.15, 0.2) is 0 Å². The molecule has 0 spiro atoms. The summed E-state index contributed by atoms with van der Waals surface area (Å²) in [6, 6.07) is 7.27. The van der Waals surface area contributed by atoms with Crippen LogP contribution in [-0.2, 0) is 0 Å². The van der Waals surface area contributed by atoms with Crippen molar-refractivity contribution in [2.75, 3.05) is 5.43 Å². The van der Waals surface area contributed by atoms with Gasteiger partial charge in [0, 0.05) is 5.56 Å². The molecule has 1 aromatic carbocycles. The molecular formula is C11H8Cl2N2S. The third-order valence-electron chi connectivity index (χ3n) is 1.87. The summed E-state index contributed by atoms with van der Waals surface area (Å²) in [6.07, 6.45) is 1.75. The minimum atomic E-state index is 0.511. The molecule has 0 atom stereocenters. The molecule has 0 aliphatic rings. The van der Waals surface area contributed by atoms with Gasteiger partial charge in [-0.05, 0) is 35.0 Å². The molecule has 2 rings (SSSR count). The van der Waals surface area contributed by atoms with Gasteiger partial charge in [0.25, 0.3) is 0 Å². The Bertz CT molecular complexity index is 495. The highest BCUT2D eigenvalue weighted by Crippen LogP contribution is 2.24. The Hall–Kier alpha value is -1.03. The largest absolute Gasteiger partial charge is 0.278 e. The van der Waals surface area contributed by atoms with E-state index in [4.69, 9.17) is 23.2 Å². The van der Waals surface area contributed by atoms with Crippen molar-refractivity contribution in [1.29, 1.82) is 0 Å². The molecule has 82 valence electrons. The predicted molar refractivity (Wildman–Crippen MR) is 72.0 cm³/mol. The van der Waals surface area contributed by atoms with Gasteiger partial charge in [-0.3, -0.25) is 5.43 Å². The Morgan fingerprint density at radius 2 is 2.06 bits per heavy atom. The molecule has 1 heterocycles. The van der Waals surface area contributed by atoms with Gasteiger partial charge < -0.3 is 0 Å². The molecule has 0 radical (unpaired) electrons. The van der Waals surface area contributed by atoms with Crippen molar-refractivity contribution in [3.8, 4) is 0 Å². The van der Waals surface area contributed by atoms with E-state index in [0.717, 1.165) is 11.3 Å². The van der Waals surface area contributed by atoms with E-state index in [1.54, 1.807) is 29.7 Å². The van der Waals surface area contributed by atoms with Gasteiger partial charge in [-0.1, -0.05) is 23.2 Å². The SMILES string of the molecule is Clc1ccc(N/N=C\c2ccsc2)cc1Cl. The number of benzene rings is 1. The van der Waals surface area contributed by atoms with Crippen LogP contribution in [0.5, 0.6) is 0 Å². The summed E-state index contributed by atoms with van der Waals surface area (Å²) in [7, 11) is 0. The zero-order chi connectivity index (χ0) is 11.4. The van der Waals surface area contributed by atoms with Gasteiger partial charge in [-0.15, -0.1) is 0 Å². The standard InChI is InChI=1S/C11H8Cl2N2S/c12-10-2-1-9(5-11(10)13)15-14-6-8-3-4-16-7-8/h1-7,15H/b14-6-. The maximum atomic E-state index is 5.87. The molecule has 0 amide bonds. The lowest BCUT2D eigenvalue weighted by Crippen LogP contribution is -1.89. The molecule has 0 aliphatic heterocycles. The second kappa shape index (κ2) is 5.34. The lowest BCUT2D eigenvalue weighted by atomic mass is 10.3. The first-order valence-corrected chi connectivity index (χ1v) is 6.22. The van der Waals surface area contributed by atoms with Crippen LogP contribution in [0.25, 0.3) is 0 Å². The molecule has 0 fully saturated rings. The number of nitrogens with one attached hydrogen (secondary N) is 1. The second-order valence-corrected chi connectivity index (χ2v) is 4.65. The third kappa shape index (κ3) is 2.98. The highest BCUT2D eigenvalue weighted by Gasteiger charge is 1.97. The van der Waals surface area contributed by atoms with Crippen LogP contribution in [0.15, 0.2) is 40.1 Å². The van der Waals surface area contributed by atoms with Crippen molar-refractivity contribution in [3.05, 3.63) is 50.6 Å². The molecular weight excluding hydrogens is 263 g/mol. The first kappa shape index (κ1) is 11.5. The predicted octanol–water partition coefficient (Wildman–Crippen LogP) is 4.50. The summed E-state index contributed by atoms with van der Waals surface area (Å²) >= 11 is 13.3. The number of hydrazone groups is 1. The van der Waals surface area contributed by atoms with Gasteiger partial charge in [0.2, 0.25) is 0 Å². The van der Waals surface area contributed by atoms with E-state index in [2.05, 4.69) is 10.5 Å². The monoisotopic (exact) mass is 270 g/mol. The van der Waals surface area contributed by atoms with E-state index >= 15 is 0 Å². The van der Waals surface area contributed by atoms with Crippen LogP contribution in [0, 0.1) is 0 Å². The van der Waals surface area contributed by atoms with E-state index in [1.807, 2.05) is 22.9 Å². The van der Waals surface area contributed by atoms with Gasteiger partial charge in [0.05, 0.1) is 21.9 Å². The Kier molecular flexibility index (Phi) is 3.83. The Morgan fingerprint density at radius 3 is 2.75 bits per heavy atom. The molecule has 1 aromatic heterocycles. The van der Waals surface area contributed by atoms with E-state index < -0.39 is 0 Å². The van der Waals surface area contributed by atoms with Crippen LogP contribution in [0.4, 0.5) is 5.69 Å². The third-order valence-corrected chi connectivity index (χ3v) is 3.31. The Morgan fingerprint density at radius 1 is 1.19 bits per heavy atom. The number of anilines is 1. The quantitative estimate of drug-likeness (QED) is 0.645. The zero-order valence-electron chi connectivity index (χ0n) is 8.15. The highest BCUT2D eigenvalue weighted by atomic mass is 35.5. The molecule has 0 aliphatic carbocycles. The maximum Gasteiger partial charge on any atom is 0.0613 e. The fraction of sp³-hybridized carbons (Fsp3) is 0. The molecule has 0 bridgehead atoms. The number of rotatable bonds is 3. The zero-order valence-corrected chi connectivity index (χ0v) is 10.5. The summed E-state index contributed by atoms with van der Waals surface area (Å²) in [5.74, 6) is 0. The molecule has 16 heavy (non-hydrogen) atoms. The lowest BCUT2D eigenvalue weighted by molar-refractivity contribution is 1.35. The highest BCUT2D eigenvalue weighted by molar-refractivity contribution is 7.08. The van der Waals surface area contributed by atoms with E-state index in [-0.39, 0.29) is 0 Å². The van der Waals surface area contributed by atoms with Crippen LogP contribution in [0.1, 0.15) is 5.56 Å². The topological polar surface area (TPSA) is 24.4 Å². The Labute approximate surface area is 108 Å². The number of hydrogen-bond donors (Lipinski definition) is 1. The Balaban J connectivity index is 2.02. The van der Waals surface area contributed by atoms with Crippen molar-refractivity contribution in [2.45, 2.75) is 0 Å². The van der Waals surface area contributed by atoms with Crippen molar-refractivity contribution >= 4 is 46.4 Å². The summed E-state index contributed by atoms with van der Waals surface area (Å²) in [5, 5.41) is 9.15. The molecule has 0 saturated carbocycles. The number of halogens is 2. The van der Waals surface area contributed by atoms with Crippen LogP contribution in [-0.4, -0.2) is 6.21 Å². The molecule has 0 unspecified atom stereocenters. The minimum absolute atomic E-state index is 0.511. The van der Waals surface area contributed by atoms with Gasteiger partial charge >= 0.3 is 0 Å². The number of hydrogen-bond acceptors (Lipinski definition) is 3. The van der Waals surface area contributed by atoms with Crippen molar-refractivity contribution in [2.24, 2.45) is 5.10 Å². The van der Waals surface area contributed by atoms with E-state index in [9.17, 15) is 0 Å². The fourth-order valence-electron chi connectivity index (χ4n) is 1.10. The summed E-state index contributed by atoms with van der Waals surface area (Å²) in [5.41, 5.74) is 4.76. The summed E-state index contributed by atoms with van der Waals surface area (Å²) < 4.78 is 0. The normalized spacial score (nSPS) is 10.9. The van der Waals surface area contributed by atoms with Gasteiger partial charge in [-0.2, -0.15) is 16.4 Å². The van der Waals surface area contributed by atoms with Crippen LogP contribution in [0.2, 0.25) is 10.0 Å².